The van der Waals surface area contributed by atoms with Crippen LogP contribution in [0.15, 0.2) is 72.2 Å². The maximum absolute atomic E-state index is 12.7. The first-order valence-electron chi connectivity index (χ1n) is 10.3. The molecular weight excluding hydrogens is 408 g/mol. The van der Waals surface area contributed by atoms with Crippen LogP contribution in [-0.4, -0.2) is 28.1 Å². The molecule has 0 aliphatic carbocycles. The van der Waals surface area contributed by atoms with Crippen molar-refractivity contribution in [3.8, 4) is 11.1 Å². The van der Waals surface area contributed by atoms with Gasteiger partial charge in [0, 0.05) is 31.1 Å². The zero-order valence-electron chi connectivity index (χ0n) is 17.1. The number of fused-ring (bicyclic) bond motifs is 1. The van der Waals surface area contributed by atoms with Crippen LogP contribution < -0.4 is 5.32 Å². The van der Waals surface area contributed by atoms with Crippen LogP contribution >= 0.6 is 11.3 Å². The molecule has 2 aromatic carbocycles. The molecular formula is C25H24N2O3S. The molecule has 0 unspecified atom stereocenters. The van der Waals surface area contributed by atoms with Gasteiger partial charge in [0.1, 0.15) is 0 Å². The largest absolute Gasteiger partial charge is 0.481 e. The van der Waals surface area contributed by atoms with E-state index < -0.39 is 5.97 Å². The Morgan fingerprint density at radius 3 is 2.42 bits per heavy atom. The second-order valence-corrected chi connectivity index (χ2v) is 8.39. The Bertz CT molecular complexity index is 1180. The maximum Gasteiger partial charge on any atom is 0.303 e. The number of aliphatic carboxylic acids is 1. The highest BCUT2D eigenvalue weighted by Crippen LogP contribution is 2.28. The lowest BCUT2D eigenvalue weighted by atomic mass is 10.0. The lowest BCUT2D eigenvalue weighted by molar-refractivity contribution is -0.137. The van der Waals surface area contributed by atoms with Crippen LogP contribution in [0.5, 0.6) is 0 Å². The molecule has 6 heteroatoms. The van der Waals surface area contributed by atoms with E-state index in [2.05, 4.69) is 46.3 Å². The van der Waals surface area contributed by atoms with Crippen molar-refractivity contribution >= 4 is 33.4 Å². The Morgan fingerprint density at radius 1 is 0.935 bits per heavy atom. The van der Waals surface area contributed by atoms with Crippen molar-refractivity contribution in [2.24, 2.45) is 0 Å². The molecule has 0 saturated carbocycles. The van der Waals surface area contributed by atoms with Gasteiger partial charge in [-0.05, 0) is 35.6 Å². The molecule has 4 aromatic rings. The highest BCUT2D eigenvalue weighted by atomic mass is 32.1. The van der Waals surface area contributed by atoms with Gasteiger partial charge in [-0.1, -0.05) is 54.6 Å². The highest BCUT2D eigenvalue weighted by Gasteiger charge is 2.16. The fourth-order valence-electron chi connectivity index (χ4n) is 3.63. The number of rotatable bonds is 9. The summed E-state index contributed by atoms with van der Waals surface area (Å²) in [7, 11) is 0. The van der Waals surface area contributed by atoms with Crippen molar-refractivity contribution in [2.75, 3.05) is 6.54 Å². The average molecular weight is 433 g/mol. The molecule has 0 aliphatic heterocycles. The zero-order valence-corrected chi connectivity index (χ0v) is 17.9. The Labute approximate surface area is 185 Å². The summed E-state index contributed by atoms with van der Waals surface area (Å²) in [6.07, 6.45) is 3.37. The highest BCUT2D eigenvalue weighted by molar-refractivity contribution is 7.17. The molecule has 158 valence electrons. The summed E-state index contributed by atoms with van der Waals surface area (Å²) in [6.45, 7) is 1.17. The van der Waals surface area contributed by atoms with E-state index in [4.69, 9.17) is 5.11 Å². The second-order valence-electron chi connectivity index (χ2n) is 7.48. The van der Waals surface area contributed by atoms with Gasteiger partial charge >= 0.3 is 5.97 Å². The fourth-order valence-corrected chi connectivity index (χ4v) is 4.58. The van der Waals surface area contributed by atoms with Gasteiger partial charge in [-0.15, -0.1) is 11.3 Å². The molecule has 1 amide bonds. The van der Waals surface area contributed by atoms with E-state index in [0.717, 1.165) is 10.2 Å². The number of nitrogens with one attached hydrogen (secondary N) is 1. The number of hydrogen-bond donors (Lipinski definition) is 2. The summed E-state index contributed by atoms with van der Waals surface area (Å²) in [4.78, 5) is 23.3. The van der Waals surface area contributed by atoms with E-state index in [1.54, 1.807) is 11.3 Å². The number of aromatic nitrogens is 1. The summed E-state index contributed by atoms with van der Waals surface area (Å²) in [6, 6.07) is 20.8. The monoisotopic (exact) mass is 432 g/mol. The summed E-state index contributed by atoms with van der Waals surface area (Å²) >= 11 is 1.56. The fraction of sp³-hybridized carbons (Fsp3) is 0.200. The first kappa shape index (κ1) is 20.9. The molecule has 5 nitrogen and oxygen atoms in total. The molecule has 4 rings (SSSR count). The number of hydrogen-bond acceptors (Lipinski definition) is 3. The minimum atomic E-state index is -0.805. The van der Waals surface area contributed by atoms with Crippen molar-refractivity contribution in [1.29, 1.82) is 0 Å². The standard InChI is InChI=1S/C25H24N2O3S/c28-23(29)8-4-5-14-26-25(30)21-17-31-22-13-15-27(24(21)22)16-18-9-11-20(12-10-18)19-6-2-1-3-7-19/h1-3,6-7,9-13,15,17H,4-5,8,14,16H2,(H,26,30)(H,28,29). The van der Waals surface area contributed by atoms with Crippen molar-refractivity contribution in [3.63, 3.8) is 0 Å². The molecule has 0 atom stereocenters. The van der Waals surface area contributed by atoms with Gasteiger partial charge in [0.05, 0.1) is 15.8 Å². The molecule has 0 fully saturated rings. The van der Waals surface area contributed by atoms with Gasteiger partial charge in [-0.3, -0.25) is 9.59 Å². The van der Waals surface area contributed by atoms with Crippen LogP contribution in [0.1, 0.15) is 35.2 Å². The molecule has 0 radical (unpaired) electrons. The van der Waals surface area contributed by atoms with E-state index in [1.165, 1.54) is 16.7 Å². The number of unbranched alkanes of at least 4 members (excludes halogenated alkanes) is 1. The number of nitrogens with zero attached hydrogens (tertiary/aromatic N) is 1. The topological polar surface area (TPSA) is 71.3 Å². The molecule has 31 heavy (non-hydrogen) atoms. The summed E-state index contributed by atoms with van der Waals surface area (Å²) in [5.74, 6) is -0.915. The van der Waals surface area contributed by atoms with Gasteiger partial charge in [-0.2, -0.15) is 0 Å². The molecule has 0 aliphatic rings. The average Bonchev–Trinajstić information content (AvgIpc) is 3.37. The third-order valence-electron chi connectivity index (χ3n) is 5.25. The Morgan fingerprint density at radius 2 is 1.68 bits per heavy atom. The smallest absolute Gasteiger partial charge is 0.303 e. The molecule has 0 spiro atoms. The van der Waals surface area contributed by atoms with Gasteiger partial charge in [0.15, 0.2) is 0 Å². The Balaban J connectivity index is 1.45. The van der Waals surface area contributed by atoms with E-state index >= 15 is 0 Å². The van der Waals surface area contributed by atoms with Gasteiger partial charge in [-0.25, -0.2) is 0 Å². The zero-order chi connectivity index (χ0) is 21.6. The first-order valence-corrected chi connectivity index (χ1v) is 11.2. The van der Waals surface area contributed by atoms with Crippen LogP contribution in [0.4, 0.5) is 0 Å². The molecule has 0 saturated heterocycles. The van der Waals surface area contributed by atoms with Gasteiger partial charge in [0.25, 0.3) is 5.91 Å². The van der Waals surface area contributed by atoms with Crippen LogP contribution in [0.3, 0.4) is 0 Å². The quantitative estimate of drug-likeness (QED) is 0.348. The molecule has 2 heterocycles. The minimum Gasteiger partial charge on any atom is -0.481 e. The van der Waals surface area contributed by atoms with Crippen LogP contribution in [-0.2, 0) is 11.3 Å². The number of amides is 1. The Hall–Kier alpha value is -3.38. The van der Waals surface area contributed by atoms with Gasteiger partial charge in [0.2, 0.25) is 0 Å². The molecule has 2 aromatic heterocycles. The van der Waals surface area contributed by atoms with Crippen molar-refractivity contribution in [2.45, 2.75) is 25.8 Å². The van der Waals surface area contributed by atoms with Crippen molar-refractivity contribution in [1.82, 2.24) is 9.88 Å². The van der Waals surface area contributed by atoms with E-state index in [0.29, 0.717) is 31.5 Å². The summed E-state index contributed by atoms with van der Waals surface area (Å²) < 4.78 is 3.19. The minimum absolute atomic E-state index is 0.110. The van der Waals surface area contributed by atoms with Crippen LogP contribution in [0.2, 0.25) is 0 Å². The third kappa shape index (κ3) is 5.03. The number of carbonyl (C=O) groups excluding carboxylic acids is 1. The number of carboxylic acids is 1. The van der Waals surface area contributed by atoms with Crippen molar-refractivity contribution < 1.29 is 14.7 Å². The van der Waals surface area contributed by atoms with E-state index in [9.17, 15) is 9.59 Å². The third-order valence-corrected chi connectivity index (χ3v) is 6.18. The molecule has 0 bridgehead atoms. The number of benzene rings is 2. The molecule has 2 N–H and O–H groups in total. The van der Waals surface area contributed by atoms with Crippen molar-refractivity contribution in [3.05, 3.63) is 83.4 Å². The lowest BCUT2D eigenvalue weighted by Gasteiger charge is -2.09. The SMILES string of the molecule is O=C(O)CCCCNC(=O)c1csc2ccn(Cc3ccc(-c4ccccc4)cc3)c12. The van der Waals surface area contributed by atoms with E-state index in [-0.39, 0.29) is 12.3 Å². The first-order chi connectivity index (χ1) is 15.1. The van der Waals surface area contributed by atoms with E-state index in [1.807, 2.05) is 35.8 Å². The number of carboxylic acid groups (broad SMARTS) is 1. The van der Waals surface area contributed by atoms with Crippen LogP contribution in [0, 0.1) is 0 Å². The normalized spacial score (nSPS) is 11.0. The predicted octanol–water partition coefficient (Wildman–Crippen LogP) is 5.40. The van der Waals surface area contributed by atoms with Gasteiger partial charge < -0.3 is 15.0 Å². The number of carbonyl (C=O) groups is 2. The summed E-state index contributed by atoms with van der Waals surface area (Å²) in [5, 5.41) is 13.5. The predicted molar refractivity (Wildman–Crippen MR) is 125 cm³/mol. The maximum atomic E-state index is 12.7. The Kier molecular flexibility index (Phi) is 6.48. The lowest BCUT2D eigenvalue weighted by Crippen LogP contribution is -2.24. The second kappa shape index (κ2) is 9.62. The summed E-state index contributed by atoms with van der Waals surface area (Å²) in [5.41, 5.74) is 5.16. The van der Waals surface area contributed by atoms with Crippen LogP contribution in [0.25, 0.3) is 21.3 Å². The number of thiophene rings is 1.